The predicted molar refractivity (Wildman–Crippen MR) is 89.9 cm³/mol. The second kappa shape index (κ2) is 7.40. The Hall–Kier alpha value is -1.88. The van der Waals surface area contributed by atoms with E-state index in [1.54, 1.807) is 4.90 Å². The first kappa shape index (κ1) is 16.5. The molecule has 0 spiro atoms. The third-order valence-corrected chi connectivity index (χ3v) is 4.08. The Bertz CT molecular complexity index is 635. The summed E-state index contributed by atoms with van der Waals surface area (Å²) in [6, 6.07) is 2.05. The van der Waals surface area contributed by atoms with Gasteiger partial charge in [-0.1, -0.05) is 13.8 Å². The number of pyridine rings is 1. The lowest BCUT2D eigenvalue weighted by atomic mass is 10.2. The van der Waals surface area contributed by atoms with Crippen LogP contribution in [-0.2, 0) is 11.3 Å². The maximum absolute atomic E-state index is 11.7. The van der Waals surface area contributed by atoms with Crippen LogP contribution in [0.1, 0.15) is 19.4 Å². The molecular formula is C17H26N4O. The van der Waals surface area contributed by atoms with Gasteiger partial charge in [0, 0.05) is 57.2 Å². The monoisotopic (exact) mass is 302 g/mol. The lowest BCUT2D eigenvalue weighted by Gasteiger charge is -2.31. The van der Waals surface area contributed by atoms with Crippen LogP contribution in [0.15, 0.2) is 24.7 Å². The van der Waals surface area contributed by atoms with Gasteiger partial charge in [0.1, 0.15) is 0 Å². The van der Waals surface area contributed by atoms with Crippen molar-refractivity contribution in [3.63, 3.8) is 0 Å². The molecule has 0 atom stereocenters. The summed E-state index contributed by atoms with van der Waals surface area (Å²) >= 11 is 0. The molecule has 0 saturated carbocycles. The minimum Gasteiger partial charge on any atom is -0.346 e. The molecule has 1 aliphatic heterocycles. The SMILES string of the molecule is CC.Cc1cn(CCN2CCN(C)C(=O)C2)c2ccncc12. The molecule has 0 bridgehead atoms. The fraction of sp³-hybridized carbons (Fsp3) is 0.529. The molecular weight excluding hydrogens is 276 g/mol. The quantitative estimate of drug-likeness (QED) is 0.872. The van der Waals surface area contributed by atoms with Gasteiger partial charge in [0.2, 0.25) is 5.91 Å². The van der Waals surface area contributed by atoms with Crippen molar-refractivity contribution in [3.8, 4) is 0 Å². The summed E-state index contributed by atoms with van der Waals surface area (Å²) in [7, 11) is 1.87. The van der Waals surface area contributed by atoms with Crippen LogP contribution in [0.25, 0.3) is 10.9 Å². The van der Waals surface area contributed by atoms with Crippen molar-refractivity contribution in [2.24, 2.45) is 0 Å². The molecule has 5 heteroatoms. The Morgan fingerprint density at radius 2 is 2.00 bits per heavy atom. The minimum atomic E-state index is 0.217. The van der Waals surface area contributed by atoms with Gasteiger partial charge in [-0.25, -0.2) is 0 Å². The number of hydrogen-bond donors (Lipinski definition) is 0. The maximum atomic E-state index is 11.7. The number of rotatable bonds is 3. The number of aryl methyl sites for hydroxylation is 1. The van der Waals surface area contributed by atoms with E-state index in [0.717, 1.165) is 26.2 Å². The van der Waals surface area contributed by atoms with Gasteiger partial charge in [-0.2, -0.15) is 0 Å². The van der Waals surface area contributed by atoms with E-state index in [4.69, 9.17) is 0 Å². The zero-order valence-electron chi connectivity index (χ0n) is 14.0. The molecule has 3 heterocycles. The van der Waals surface area contributed by atoms with E-state index >= 15 is 0 Å². The van der Waals surface area contributed by atoms with Crippen molar-refractivity contribution >= 4 is 16.8 Å². The van der Waals surface area contributed by atoms with Gasteiger partial charge in [-0.15, -0.1) is 0 Å². The number of carbonyl (C=O) groups is 1. The Morgan fingerprint density at radius 3 is 2.73 bits per heavy atom. The van der Waals surface area contributed by atoms with Crippen molar-refractivity contribution < 1.29 is 4.79 Å². The Balaban J connectivity index is 0.000000847. The normalized spacial score (nSPS) is 15.8. The molecule has 1 saturated heterocycles. The molecule has 2 aromatic rings. The number of fused-ring (bicyclic) bond motifs is 1. The van der Waals surface area contributed by atoms with Crippen LogP contribution >= 0.6 is 0 Å². The Morgan fingerprint density at radius 1 is 1.23 bits per heavy atom. The molecule has 0 unspecified atom stereocenters. The topological polar surface area (TPSA) is 41.4 Å². The van der Waals surface area contributed by atoms with E-state index in [9.17, 15) is 4.79 Å². The summed E-state index contributed by atoms with van der Waals surface area (Å²) in [6.45, 7) is 10.3. The molecule has 2 aromatic heterocycles. The summed E-state index contributed by atoms with van der Waals surface area (Å²) in [5.41, 5.74) is 2.47. The van der Waals surface area contributed by atoms with Gasteiger partial charge >= 0.3 is 0 Å². The average Bonchev–Trinajstić information content (AvgIpc) is 2.87. The lowest BCUT2D eigenvalue weighted by molar-refractivity contribution is -0.134. The van der Waals surface area contributed by atoms with Crippen LogP contribution in [0.3, 0.4) is 0 Å². The van der Waals surface area contributed by atoms with Crippen molar-refractivity contribution in [1.82, 2.24) is 19.4 Å². The molecule has 3 rings (SSSR count). The fourth-order valence-electron chi connectivity index (χ4n) is 2.75. The summed E-state index contributed by atoms with van der Waals surface area (Å²) in [5.74, 6) is 0.217. The van der Waals surface area contributed by atoms with E-state index in [1.807, 2.05) is 33.3 Å². The molecule has 0 radical (unpaired) electrons. The van der Waals surface area contributed by atoms with E-state index in [2.05, 4.69) is 33.6 Å². The largest absolute Gasteiger partial charge is 0.346 e. The summed E-state index contributed by atoms with van der Waals surface area (Å²) in [6.07, 6.45) is 5.92. The molecule has 1 amide bonds. The maximum Gasteiger partial charge on any atom is 0.236 e. The highest BCUT2D eigenvalue weighted by atomic mass is 16.2. The average molecular weight is 302 g/mol. The third kappa shape index (κ3) is 3.47. The van der Waals surface area contributed by atoms with Crippen LogP contribution in [0.2, 0.25) is 0 Å². The van der Waals surface area contributed by atoms with Crippen LogP contribution < -0.4 is 0 Å². The number of nitrogens with zero attached hydrogens (tertiary/aromatic N) is 4. The standard InChI is InChI=1S/C15H20N4O.C2H6/c1-12-10-19(14-3-4-16-9-13(12)14)8-7-18-6-5-17(2)15(20)11-18;1-2/h3-4,9-10H,5-8,11H2,1-2H3;1-2H3. The predicted octanol–water partition coefficient (Wildman–Crippen LogP) is 2.14. The number of piperazine rings is 1. The highest BCUT2D eigenvalue weighted by molar-refractivity contribution is 5.82. The van der Waals surface area contributed by atoms with Gasteiger partial charge < -0.3 is 9.47 Å². The van der Waals surface area contributed by atoms with Crippen molar-refractivity contribution in [1.29, 1.82) is 0 Å². The van der Waals surface area contributed by atoms with Crippen LogP contribution in [0, 0.1) is 6.92 Å². The summed E-state index contributed by atoms with van der Waals surface area (Å²) in [5, 5.41) is 1.21. The third-order valence-electron chi connectivity index (χ3n) is 4.08. The number of carbonyl (C=O) groups excluding carboxylic acids is 1. The molecule has 22 heavy (non-hydrogen) atoms. The van der Waals surface area contributed by atoms with Crippen molar-refractivity contribution in [2.45, 2.75) is 27.3 Å². The number of aromatic nitrogens is 2. The Kier molecular flexibility index (Phi) is 5.55. The van der Waals surface area contributed by atoms with E-state index in [1.165, 1.54) is 16.5 Å². The highest BCUT2D eigenvalue weighted by Crippen LogP contribution is 2.19. The van der Waals surface area contributed by atoms with Gasteiger partial charge in [0.15, 0.2) is 0 Å². The van der Waals surface area contributed by atoms with Gasteiger partial charge in [-0.05, 0) is 18.6 Å². The van der Waals surface area contributed by atoms with E-state index in [-0.39, 0.29) is 5.91 Å². The summed E-state index contributed by atoms with van der Waals surface area (Å²) < 4.78 is 2.26. The number of amides is 1. The smallest absolute Gasteiger partial charge is 0.236 e. The Labute approximate surface area is 132 Å². The lowest BCUT2D eigenvalue weighted by Crippen LogP contribution is -2.49. The van der Waals surface area contributed by atoms with Gasteiger partial charge in [-0.3, -0.25) is 14.7 Å². The van der Waals surface area contributed by atoms with Gasteiger partial charge in [0.05, 0.1) is 12.1 Å². The minimum absolute atomic E-state index is 0.217. The first-order chi connectivity index (χ1) is 10.6. The molecule has 0 aromatic carbocycles. The van der Waals surface area contributed by atoms with Crippen LogP contribution in [0.5, 0.6) is 0 Å². The first-order valence-corrected chi connectivity index (χ1v) is 8.01. The first-order valence-electron chi connectivity index (χ1n) is 8.01. The van der Waals surface area contributed by atoms with Crippen LogP contribution in [0.4, 0.5) is 0 Å². The zero-order valence-corrected chi connectivity index (χ0v) is 14.0. The summed E-state index contributed by atoms with van der Waals surface area (Å²) in [4.78, 5) is 19.9. The molecule has 1 aliphatic rings. The number of likely N-dealkylation sites (N-methyl/N-ethyl adjacent to an activating group) is 1. The second-order valence-corrected chi connectivity index (χ2v) is 5.49. The second-order valence-electron chi connectivity index (χ2n) is 5.49. The molecule has 0 aliphatic carbocycles. The molecule has 5 nitrogen and oxygen atoms in total. The molecule has 120 valence electrons. The molecule has 0 N–H and O–H groups in total. The van der Waals surface area contributed by atoms with E-state index < -0.39 is 0 Å². The molecule has 1 fully saturated rings. The number of hydrogen-bond acceptors (Lipinski definition) is 3. The highest BCUT2D eigenvalue weighted by Gasteiger charge is 2.20. The van der Waals surface area contributed by atoms with Crippen molar-refractivity contribution in [2.75, 3.05) is 33.2 Å². The van der Waals surface area contributed by atoms with E-state index in [0.29, 0.717) is 6.54 Å². The van der Waals surface area contributed by atoms with Crippen LogP contribution in [-0.4, -0.2) is 58.5 Å². The van der Waals surface area contributed by atoms with Crippen molar-refractivity contribution in [3.05, 3.63) is 30.2 Å². The van der Waals surface area contributed by atoms with Gasteiger partial charge in [0.25, 0.3) is 0 Å². The zero-order chi connectivity index (χ0) is 16.1. The fourth-order valence-corrected chi connectivity index (χ4v) is 2.75.